The van der Waals surface area contributed by atoms with Crippen LogP contribution in [0.25, 0.3) is 0 Å². The Labute approximate surface area is 154 Å². The number of benzene rings is 1. The molecule has 0 radical (unpaired) electrons. The number of hydrogen-bond donors (Lipinski definition) is 1. The number of nitrogens with zero attached hydrogens (tertiary/aromatic N) is 2. The van der Waals surface area contributed by atoms with Crippen LogP contribution in [0.1, 0.15) is 68.0 Å². The Morgan fingerprint density at radius 1 is 1.04 bits per heavy atom. The van der Waals surface area contributed by atoms with E-state index >= 15 is 0 Å². The Balaban J connectivity index is 2.37. The average molecular weight is 357 g/mol. The fourth-order valence-corrected chi connectivity index (χ4v) is 2.44. The van der Waals surface area contributed by atoms with Crippen LogP contribution in [0.3, 0.4) is 0 Å². The molecule has 26 heavy (non-hydrogen) atoms. The van der Waals surface area contributed by atoms with E-state index in [1.807, 2.05) is 31.5 Å². The molecule has 0 aliphatic rings. The number of hydrogen-bond acceptors (Lipinski definition) is 4. The third-order valence-electron chi connectivity index (χ3n) is 3.90. The number of carbonyl (C=O) groups excluding carboxylic acids is 2. The Morgan fingerprint density at radius 2 is 1.65 bits per heavy atom. The van der Waals surface area contributed by atoms with Crippen molar-refractivity contribution in [2.45, 2.75) is 52.5 Å². The molecule has 6 heteroatoms. The van der Waals surface area contributed by atoms with Crippen molar-refractivity contribution in [2.24, 2.45) is 0 Å². The van der Waals surface area contributed by atoms with Gasteiger partial charge in [0.1, 0.15) is 5.82 Å². The first kappa shape index (κ1) is 19.7. The van der Waals surface area contributed by atoms with Gasteiger partial charge in [0.05, 0.1) is 23.9 Å². The maximum atomic E-state index is 12.7. The third-order valence-corrected chi connectivity index (χ3v) is 3.90. The number of amides is 1. The molecule has 0 bridgehead atoms. The molecule has 1 N–H and O–H groups in total. The Hall–Kier alpha value is -2.63. The summed E-state index contributed by atoms with van der Waals surface area (Å²) in [7, 11) is 1.31. The highest BCUT2D eigenvalue weighted by Gasteiger charge is 2.26. The van der Waals surface area contributed by atoms with E-state index in [4.69, 9.17) is 4.74 Å². The van der Waals surface area contributed by atoms with Gasteiger partial charge in [-0.2, -0.15) is 5.10 Å². The van der Waals surface area contributed by atoms with Crippen molar-refractivity contribution in [2.75, 3.05) is 12.4 Å². The van der Waals surface area contributed by atoms with Gasteiger partial charge in [0.2, 0.25) is 0 Å². The van der Waals surface area contributed by atoms with Crippen LogP contribution in [0, 0.1) is 0 Å². The van der Waals surface area contributed by atoms with Gasteiger partial charge in [-0.3, -0.25) is 4.79 Å². The molecular weight excluding hydrogens is 330 g/mol. The first-order chi connectivity index (χ1) is 11.9. The van der Waals surface area contributed by atoms with Crippen LogP contribution in [-0.4, -0.2) is 28.8 Å². The summed E-state index contributed by atoms with van der Waals surface area (Å²) < 4.78 is 6.52. The molecule has 0 fully saturated rings. The summed E-state index contributed by atoms with van der Waals surface area (Å²) >= 11 is 0. The Morgan fingerprint density at radius 3 is 2.19 bits per heavy atom. The highest BCUT2D eigenvalue weighted by atomic mass is 16.5. The number of methoxy groups -OCH3 is 1. The molecule has 1 heterocycles. The van der Waals surface area contributed by atoms with Crippen molar-refractivity contribution in [3.63, 3.8) is 0 Å². The van der Waals surface area contributed by atoms with E-state index in [-0.39, 0.29) is 16.9 Å². The first-order valence-corrected chi connectivity index (χ1v) is 8.54. The van der Waals surface area contributed by atoms with E-state index in [1.54, 1.807) is 18.2 Å². The molecule has 0 saturated carbocycles. The van der Waals surface area contributed by atoms with Gasteiger partial charge in [0.25, 0.3) is 5.91 Å². The molecule has 2 aromatic rings. The minimum Gasteiger partial charge on any atom is -0.465 e. The van der Waals surface area contributed by atoms with E-state index in [2.05, 4.69) is 31.2 Å². The molecule has 1 amide bonds. The Bertz CT molecular complexity index is 824. The summed E-state index contributed by atoms with van der Waals surface area (Å²) in [6, 6.07) is 8.34. The van der Waals surface area contributed by atoms with Crippen molar-refractivity contribution in [1.82, 2.24) is 9.78 Å². The van der Waals surface area contributed by atoms with Crippen molar-refractivity contribution in [1.29, 1.82) is 0 Å². The van der Waals surface area contributed by atoms with Gasteiger partial charge >= 0.3 is 5.97 Å². The van der Waals surface area contributed by atoms with E-state index in [9.17, 15) is 9.59 Å². The van der Waals surface area contributed by atoms with Crippen LogP contribution in [0.2, 0.25) is 0 Å². The van der Waals surface area contributed by atoms with E-state index in [1.165, 1.54) is 13.2 Å². The molecule has 0 aliphatic carbocycles. The van der Waals surface area contributed by atoms with Crippen LogP contribution in [0.15, 0.2) is 30.3 Å². The Kier molecular flexibility index (Phi) is 5.26. The van der Waals surface area contributed by atoms with Crippen LogP contribution in [0.5, 0.6) is 0 Å². The van der Waals surface area contributed by atoms with Gasteiger partial charge in [0.15, 0.2) is 0 Å². The average Bonchev–Trinajstić information content (AvgIpc) is 2.98. The van der Waals surface area contributed by atoms with Crippen molar-refractivity contribution < 1.29 is 14.3 Å². The van der Waals surface area contributed by atoms with Gasteiger partial charge < -0.3 is 10.1 Å². The predicted octanol–water partition coefficient (Wildman–Crippen LogP) is 3.97. The zero-order valence-electron chi connectivity index (χ0n) is 16.5. The number of anilines is 1. The second-order valence-electron chi connectivity index (χ2n) is 8.27. The van der Waals surface area contributed by atoms with E-state index in [0.717, 1.165) is 5.69 Å². The maximum Gasteiger partial charge on any atom is 0.337 e. The van der Waals surface area contributed by atoms with Crippen molar-refractivity contribution in [3.05, 3.63) is 47.2 Å². The number of nitrogens with one attached hydrogen (secondary N) is 1. The fourth-order valence-electron chi connectivity index (χ4n) is 2.44. The van der Waals surface area contributed by atoms with Crippen molar-refractivity contribution in [3.8, 4) is 0 Å². The minimum atomic E-state index is -0.477. The number of rotatable bonds is 3. The van der Waals surface area contributed by atoms with Gasteiger partial charge in [-0.1, -0.05) is 26.8 Å². The monoisotopic (exact) mass is 357 g/mol. The molecule has 2 rings (SSSR count). The van der Waals surface area contributed by atoms with Gasteiger partial charge in [-0.05, 0) is 39.0 Å². The second kappa shape index (κ2) is 6.94. The van der Waals surface area contributed by atoms with Gasteiger partial charge in [0, 0.05) is 17.0 Å². The summed E-state index contributed by atoms with van der Waals surface area (Å²) in [5.41, 5.74) is 1.18. The van der Waals surface area contributed by atoms with Crippen molar-refractivity contribution >= 4 is 17.7 Å². The smallest absolute Gasteiger partial charge is 0.337 e. The molecule has 0 unspecified atom stereocenters. The molecule has 0 atom stereocenters. The normalized spacial score (nSPS) is 12.0. The molecule has 6 nitrogen and oxygen atoms in total. The lowest BCUT2D eigenvalue weighted by atomic mass is 9.92. The predicted molar refractivity (Wildman–Crippen MR) is 102 cm³/mol. The first-order valence-electron chi connectivity index (χ1n) is 8.54. The lowest BCUT2D eigenvalue weighted by Gasteiger charge is -2.23. The second-order valence-corrected chi connectivity index (χ2v) is 8.27. The highest BCUT2D eigenvalue weighted by molar-refractivity contribution is 6.05. The van der Waals surface area contributed by atoms with Gasteiger partial charge in [-0.15, -0.1) is 0 Å². The topological polar surface area (TPSA) is 73.2 Å². The molecule has 1 aromatic heterocycles. The summed E-state index contributed by atoms with van der Waals surface area (Å²) in [5, 5.41) is 7.61. The molecule has 0 aliphatic heterocycles. The van der Waals surface area contributed by atoms with E-state index in [0.29, 0.717) is 16.9 Å². The van der Waals surface area contributed by atoms with Crippen LogP contribution < -0.4 is 5.32 Å². The lowest BCUT2D eigenvalue weighted by molar-refractivity contribution is 0.0600. The molecule has 140 valence electrons. The summed E-state index contributed by atoms with van der Waals surface area (Å²) in [4.78, 5) is 24.4. The fraction of sp³-hybridized carbons (Fsp3) is 0.450. The minimum absolute atomic E-state index is 0.138. The highest BCUT2D eigenvalue weighted by Crippen LogP contribution is 2.28. The molecular formula is C20H27N3O3. The zero-order chi connectivity index (χ0) is 19.7. The number of ether oxygens (including phenoxy) is 1. The standard InChI is InChI=1S/C20H27N3O3/c1-19(2,3)15-12-16(23(22-15)20(4,5)6)21-17(24)13-9-8-10-14(11-13)18(25)26-7/h8-12H,1-7H3,(H,21,24). The number of carbonyl (C=O) groups is 2. The zero-order valence-corrected chi connectivity index (χ0v) is 16.5. The number of esters is 1. The van der Waals surface area contributed by atoms with E-state index < -0.39 is 5.97 Å². The van der Waals surface area contributed by atoms with Gasteiger partial charge in [-0.25, -0.2) is 9.48 Å². The SMILES string of the molecule is COC(=O)c1cccc(C(=O)Nc2cc(C(C)(C)C)nn2C(C)(C)C)c1. The molecule has 0 spiro atoms. The van der Waals surface area contributed by atoms with Crippen LogP contribution in [0.4, 0.5) is 5.82 Å². The quantitative estimate of drug-likeness (QED) is 0.844. The maximum absolute atomic E-state index is 12.7. The largest absolute Gasteiger partial charge is 0.465 e. The van der Waals surface area contributed by atoms with Crippen LogP contribution >= 0.6 is 0 Å². The summed E-state index contributed by atoms with van der Waals surface area (Å²) in [6.07, 6.45) is 0. The summed E-state index contributed by atoms with van der Waals surface area (Å²) in [5.74, 6) is -0.160. The lowest BCUT2D eigenvalue weighted by Crippen LogP contribution is -2.27. The molecule has 0 saturated heterocycles. The third kappa shape index (κ3) is 4.31. The number of aromatic nitrogens is 2. The molecule has 1 aromatic carbocycles. The van der Waals surface area contributed by atoms with Crippen LogP contribution in [-0.2, 0) is 15.7 Å². The summed E-state index contributed by atoms with van der Waals surface area (Å²) in [6.45, 7) is 12.3.